The third kappa shape index (κ3) is 3.74. The second kappa shape index (κ2) is 8.40. The molecule has 2 aliphatic carbocycles. The molecule has 1 aliphatic heterocycles. The third-order valence-corrected chi connectivity index (χ3v) is 10.1. The maximum Gasteiger partial charge on any atom is 0.235 e. The van der Waals surface area contributed by atoms with Crippen LogP contribution >= 0.6 is 0 Å². The summed E-state index contributed by atoms with van der Waals surface area (Å²) in [6, 6.07) is 16.5. The predicted molar refractivity (Wildman–Crippen MR) is 146 cm³/mol. The molecule has 2 aromatic heterocycles. The third-order valence-electron chi connectivity index (χ3n) is 7.82. The van der Waals surface area contributed by atoms with E-state index in [0.717, 1.165) is 65.4 Å². The van der Waals surface area contributed by atoms with Gasteiger partial charge in [-0.3, -0.25) is 4.79 Å². The molecule has 4 aromatic rings. The maximum absolute atomic E-state index is 12.5. The fourth-order valence-electron chi connectivity index (χ4n) is 5.35. The van der Waals surface area contributed by atoms with Crippen molar-refractivity contribution in [1.82, 2.24) is 9.97 Å². The molecule has 188 valence electrons. The zero-order valence-corrected chi connectivity index (χ0v) is 21.3. The first-order valence-corrected chi connectivity index (χ1v) is 14.3. The molecule has 1 amide bonds. The van der Waals surface area contributed by atoms with E-state index in [1.807, 2.05) is 30.3 Å². The van der Waals surface area contributed by atoms with Crippen molar-refractivity contribution >= 4 is 43.7 Å². The lowest BCUT2D eigenvalue weighted by atomic mass is 9.65. The van der Waals surface area contributed by atoms with Crippen LogP contribution < -0.4 is 10.6 Å². The van der Waals surface area contributed by atoms with Crippen molar-refractivity contribution in [2.45, 2.75) is 47.7 Å². The van der Waals surface area contributed by atoms with E-state index in [0.29, 0.717) is 16.4 Å². The van der Waals surface area contributed by atoms with Crippen LogP contribution in [0.3, 0.4) is 0 Å². The van der Waals surface area contributed by atoms with E-state index < -0.39 is 9.84 Å². The summed E-state index contributed by atoms with van der Waals surface area (Å²) in [6.07, 6.45) is 7.86. The zero-order valence-electron chi connectivity index (χ0n) is 20.5. The largest absolute Gasteiger partial charge is 0.340 e. The number of hydrogen-bond donors (Lipinski definition) is 2. The number of hydrogen-bond acceptors (Lipinski definition) is 6. The molecule has 38 heavy (non-hydrogen) atoms. The van der Waals surface area contributed by atoms with Crippen LogP contribution in [-0.2, 0) is 20.0 Å². The number of anilines is 3. The van der Waals surface area contributed by atoms with Gasteiger partial charge in [0.2, 0.25) is 5.91 Å². The van der Waals surface area contributed by atoms with Crippen molar-refractivity contribution in [3.8, 4) is 11.8 Å². The average molecular weight is 521 g/mol. The predicted octanol–water partition coefficient (Wildman–Crippen LogP) is 5.08. The average Bonchev–Trinajstić information content (AvgIpc) is 3.71. The van der Waals surface area contributed by atoms with Gasteiger partial charge in [-0.25, -0.2) is 18.4 Å². The highest BCUT2D eigenvalue weighted by Crippen LogP contribution is 2.51. The molecule has 8 heteroatoms. The second-order valence-electron chi connectivity index (χ2n) is 10.2. The Labute approximate surface area is 220 Å². The number of sulfone groups is 1. The topological polar surface area (TPSA) is 101 Å². The van der Waals surface area contributed by atoms with Gasteiger partial charge >= 0.3 is 0 Å². The highest BCUT2D eigenvalue weighted by molar-refractivity contribution is 7.92. The van der Waals surface area contributed by atoms with E-state index in [4.69, 9.17) is 0 Å². The van der Waals surface area contributed by atoms with Crippen molar-refractivity contribution in [2.75, 3.05) is 10.6 Å². The number of pyridine rings is 2. The standard InChI is InChI=1S/C30H24N4O3S/c35-29-30(13-1-14-30)25-10-2-19(16-27(25)34-29)3-11-26-24-17-28(32-18-20(24)12-15-31-26)33-21-4-6-22(7-5-21)38(36,37)23-8-9-23/h2,4-7,10,12,15-18,23H,1,8-9,13-14H2,(H,32,33)(H,34,35). The van der Waals surface area contributed by atoms with Gasteiger partial charge in [0.05, 0.1) is 15.6 Å². The Morgan fingerprint density at radius 3 is 2.53 bits per heavy atom. The molecule has 1 spiro atoms. The van der Waals surface area contributed by atoms with E-state index in [2.05, 4.69) is 32.4 Å². The molecule has 0 unspecified atom stereocenters. The number of fused-ring (bicyclic) bond motifs is 3. The fraction of sp³-hybridized carbons (Fsp3) is 0.233. The van der Waals surface area contributed by atoms with E-state index in [1.54, 1.807) is 36.7 Å². The summed E-state index contributed by atoms with van der Waals surface area (Å²) in [4.78, 5) is 21.9. The maximum atomic E-state index is 12.5. The molecule has 2 fully saturated rings. The van der Waals surface area contributed by atoms with E-state index in [9.17, 15) is 13.2 Å². The Hall–Kier alpha value is -4.22. The van der Waals surface area contributed by atoms with Crippen molar-refractivity contribution in [3.05, 3.63) is 83.8 Å². The SMILES string of the molecule is O=C1Nc2cc(C#Cc3nccc4cnc(Nc5ccc(S(=O)(=O)C6CC6)cc5)cc34)ccc2C12CCC2. The van der Waals surface area contributed by atoms with Gasteiger partial charge in [0.1, 0.15) is 11.5 Å². The van der Waals surface area contributed by atoms with Crippen molar-refractivity contribution < 1.29 is 13.2 Å². The molecule has 3 aliphatic rings. The molecule has 7 rings (SSSR count). The number of nitrogens with zero attached hydrogens (tertiary/aromatic N) is 2. The highest BCUT2D eigenvalue weighted by atomic mass is 32.2. The monoisotopic (exact) mass is 520 g/mol. The zero-order chi connectivity index (χ0) is 25.9. The number of rotatable bonds is 4. The molecular weight excluding hydrogens is 496 g/mol. The number of aromatic nitrogens is 2. The molecule has 7 nitrogen and oxygen atoms in total. The number of amides is 1. The van der Waals surface area contributed by atoms with Crippen LogP contribution in [0.15, 0.2) is 71.9 Å². The summed E-state index contributed by atoms with van der Waals surface area (Å²) in [5.74, 6) is 7.11. The molecule has 0 saturated heterocycles. The van der Waals surface area contributed by atoms with Crippen molar-refractivity contribution in [1.29, 1.82) is 0 Å². The second-order valence-corrected chi connectivity index (χ2v) is 12.5. The Morgan fingerprint density at radius 1 is 0.974 bits per heavy atom. The molecule has 0 radical (unpaired) electrons. The molecule has 0 atom stereocenters. The van der Waals surface area contributed by atoms with Gasteiger partial charge in [-0.05, 0) is 85.7 Å². The Kier molecular flexibility index (Phi) is 5.07. The van der Waals surface area contributed by atoms with Crippen LogP contribution in [0.1, 0.15) is 48.9 Å². The lowest BCUT2D eigenvalue weighted by Gasteiger charge is -2.36. The van der Waals surface area contributed by atoms with Crippen LogP contribution in [0.5, 0.6) is 0 Å². The quantitative estimate of drug-likeness (QED) is 0.364. The Morgan fingerprint density at radius 2 is 1.79 bits per heavy atom. The first kappa shape index (κ1) is 22.9. The van der Waals surface area contributed by atoms with Gasteiger partial charge in [0.25, 0.3) is 0 Å². The summed E-state index contributed by atoms with van der Waals surface area (Å²) < 4.78 is 24.9. The molecule has 2 N–H and O–H groups in total. The molecule has 2 saturated carbocycles. The Bertz CT molecular complexity index is 1800. The minimum Gasteiger partial charge on any atom is -0.340 e. The minimum atomic E-state index is -3.22. The molecular formula is C30H24N4O3S. The van der Waals surface area contributed by atoms with Gasteiger partial charge in [-0.2, -0.15) is 0 Å². The summed E-state index contributed by atoms with van der Waals surface area (Å²) in [6.45, 7) is 0. The highest BCUT2D eigenvalue weighted by Gasteiger charge is 2.50. The van der Waals surface area contributed by atoms with Crippen LogP contribution in [0.25, 0.3) is 10.8 Å². The summed E-state index contributed by atoms with van der Waals surface area (Å²) in [5, 5.41) is 7.82. The van der Waals surface area contributed by atoms with Gasteiger partial charge in [-0.15, -0.1) is 0 Å². The Balaban J connectivity index is 1.15. The van der Waals surface area contributed by atoms with Gasteiger partial charge < -0.3 is 10.6 Å². The first-order valence-electron chi connectivity index (χ1n) is 12.8. The number of carbonyl (C=O) groups is 1. The van der Waals surface area contributed by atoms with Crippen LogP contribution in [-0.4, -0.2) is 29.5 Å². The summed E-state index contributed by atoms with van der Waals surface area (Å²) in [7, 11) is -3.22. The van der Waals surface area contributed by atoms with Crippen LogP contribution in [0, 0.1) is 11.8 Å². The smallest absolute Gasteiger partial charge is 0.235 e. The van der Waals surface area contributed by atoms with Gasteiger partial charge in [0.15, 0.2) is 9.84 Å². The van der Waals surface area contributed by atoms with E-state index in [-0.39, 0.29) is 16.6 Å². The lowest BCUT2D eigenvalue weighted by molar-refractivity contribution is -0.123. The summed E-state index contributed by atoms with van der Waals surface area (Å²) >= 11 is 0. The van der Waals surface area contributed by atoms with E-state index >= 15 is 0 Å². The van der Waals surface area contributed by atoms with Crippen molar-refractivity contribution in [3.63, 3.8) is 0 Å². The van der Waals surface area contributed by atoms with Crippen LogP contribution in [0.2, 0.25) is 0 Å². The molecule has 2 aromatic carbocycles. The number of carbonyl (C=O) groups excluding carboxylic acids is 1. The lowest BCUT2D eigenvalue weighted by Crippen LogP contribution is -2.40. The molecule has 3 heterocycles. The number of nitrogens with one attached hydrogen (secondary N) is 2. The number of benzene rings is 2. The van der Waals surface area contributed by atoms with Gasteiger partial charge in [0, 0.05) is 40.1 Å². The summed E-state index contributed by atoms with van der Waals surface area (Å²) in [5.41, 5.74) is 3.79. The van der Waals surface area contributed by atoms with Gasteiger partial charge in [-0.1, -0.05) is 18.4 Å². The minimum absolute atomic E-state index is 0.103. The van der Waals surface area contributed by atoms with Crippen molar-refractivity contribution in [2.24, 2.45) is 0 Å². The van der Waals surface area contributed by atoms with Crippen LogP contribution in [0.4, 0.5) is 17.2 Å². The first-order chi connectivity index (χ1) is 18.4. The van der Waals surface area contributed by atoms with E-state index in [1.165, 1.54) is 0 Å². The molecule has 0 bridgehead atoms. The fourth-order valence-corrected chi connectivity index (χ4v) is 7.00. The normalized spacial score (nSPS) is 17.3.